The summed E-state index contributed by atoms with van der Waals surface area (Å²) in [6.07, 6.45) is 4.97. The molecule has 4 heterocycles. The summed E-state index contributed by atoms with van der Waals surface area (Å²) in [6.45, 7) is 3.68. The van der Waals surface area contributed by atoms with Crippen LogP contribution in [0.1, 0.15) is 31.2 Å². The van der Waals surface area contributed by atoms with Crippen LogP contribution < -0.4 is 19.6 Å². The summed E-state index contributed by atoms with van der Waals surface area (Å²) < 4.78 is 19.4. The second-order valence-electron chi connectivity index (χ2n) is 8.00. The Morgan fingerprint density at radius 2 is 2.05 bits per heavy atom. The standard InChI is InChI=1S/C26H21BrN4O5S2/c1-4-35-23(33)20-14(2)30-26-31(21(20)15-7-5-8-16(11-15)34-3)22(32)19(37-26)13-17-12-18(27)24(36-17)38-25-28-9-6-10-29-25/h5-13,21H,4H2,1-3H3/b19-13+/t21-/m0/s1. The molecule has 5 rings (SSSR count). The lowest BCUT2D eigenvalue weighted by atomic mass is 9.95. The molecule has 194 valence electrons. The number of carbonyl (C=O) groups excluding carboxylic acids is 1. The molecular formula is C26H21BrN4O5S2. The van der Waals surface area contributed by atoms with E-state index >= 15 is 0 Å². The lowest BCUT2D eigenvalue weighted by Crippen LogP contribution is -2.39. The molecule has 0 radical (unpaired) electrons. The summed E-state index contributed by atoms with van der Waals surface area (Å²) in [5.74, 6) is 0.561. The maximum atomic E-state index is 13.8. The van der Waals surface area contributed by atoms with Gasteiger partial charge in [0.2, 0.25) is 0 Å². The van der Waals surface area contributed by atoms with Crippen LogP contribution in [0.25, 0.3) is 6.08 Å². The van der Waals surface area contributed by atoms with Gasteiger partial charge in [-0.3, -0.25) is 9.36 Å². The fourth-order valence-electron chi connectivity index (χ4n) is 3.98. The minimum absolute atomic E-state index is 0.201. The molecule has 3 aromatic heterocycles. The van der Waals surface area contributed by atoms with Crippen molar-refractivity contribution in [1.82, 2.24) is 14.5 Å². The third-order valence-electron chi connectivity index (χ3n) is 5.60. The zero-order valence-corrected chi connectivity index (χ0v) is 23.7. The van der Waals surface area contributed by atoms with Crippen LogP contribution in [0.4, 0.5) is 0 Å². The van der Waals surface area contributed by atoms with E-state index in [0.717, 1.165) is 0 Å². The minimum Gasteiger partial charge on any atom is -0.497 e. The van der Waals surface area contributed by atoms with Gasteiger partial charge < -0.3 is 13.9 Å². The van der Waals surface area contributed by atoms with Crippen molar-refractivity contribution in [3.8, 4) is 5.75 Å². The fraction of sp³-hybridized carbons (Fsp3) is 0.192. The number of hydrogen-bond donors (Lipinski definition) is 0. The number of halogens is 1. The molecule has 4 aromatic rings. The maximum Gasteiger partial charge on any atom is 0.338 e. The lowest BCUT2D eigenvalue weighted by molar-refractivity contribution is -0.139. The predicted octanol–water partition coefficient (Wildman–Crippen LogP) is 4.10. The van der Waals surface area contributed by atoms with E-state index < -0.39 is 12.0 Å². The van der Waals surface area contributed by atoms with Gasteiger partial charge in [0.25, 0.3) is 5.56 Å². The number of hydrogen-bond acceptors (Lipinski definition) is 10. The highest BCUT2D eigenvalue weighted by atomic mass is 79.9. The molecule has 0 saturated carbocycles. The number of methoxy groups -OCH3 is 1. The Morgan fingerprint density at radius 3 is 2.79 bits per heavy atom. The highest BCUT2D eigenvalue weighted by Crippen LogP contribution is 2.35. The normalized spacial score (nSPS) is 15.3. The number of furan rings is 1. The van der Waals surface area contributed by atoms with Crippen molar-refractivity contribution in [2.75, 3.05) is 13.7 Å². The van der Waals surface area contributed by atoms with Crippen molar-refractivity contribution in [3.63, 3.8) is 0 Å². The molecule has 38 heavy (non-hydrogen) atoms. The van der Waals surface area contributed by atoms with E-state index in [9.17, 15) is 9.59 Å². The highest BCUT2D eigenvalue weighted by Gasteiger charge is 2.33. The Labute approximate surface area is 233 Å². The molecule has 1 aromatic carbocycles. The predicted molar refractivity (Wildman–Crippen MR) is 146 cm³/mol. The molecule has 0 unspecified atom stereocenters. The molecule has 0 N–H and O–H groups in total. The van der Waals surface area contributed by atoms with Crippen LogP contribution in [0.2, 0.25) is 0 Å². The first-order valence-electron chi connectivity index (χ1n) is 11.5. The number of carbonyl (C=O) groups is 1. The monoisotopic (exact) mass is 612 g/mol. The molecular weight excluding hydrogens is 592 g/mol. The number of ether oxygens (including phenoxy) is 2. The quantitative estimate of drug-likeness (QED) is 0.227. The first-order valence-corrected chi connectivity index (χ1v) is 13.9. The van der Waals surface area contributed by atoms with Crippen molar-refractivity contribution >= 4 is 51.1 Å². The average molecular weight is 614 g/mol. The molecule has 1 atom stereocenters. The van der Waals surface area contributed by atoms with Crippen LogP contribution in [0.15, 0.2) is 89.0 Å². The molecule has 1 aliphatic heterocycles. The van der Waals surface area contributed by atoms with E-state index in [1.54, 1.807) is 63.7 Å². The van der Waals surface area contributed by atoms with E-state index in [-0.39, 0.29) is 12.2 Å². The van der Waals surface area contributed by atoms with Gasteiger partial charge in [-0.25, -0.2) is 19.8 Å². The van der Waals surface area contributed by atoms with Gasteiger partial charge in [0.05, 0.1) is 40.0 Å². The van der Waals surface area contributed by atoms with Crippen LogP contribution >= 0.6 is 39.0 Å². The third-order valence-corrected chi connectivity index (χ3v) is 8.32. The van der Waals surface area contributed by atoms with Crippen LogP contribution in [0, 0.1) is 0 Å². The molecule has 9 nitrogen and oxygen atoms in total. The topological polar surface area (TPSA) is 109 Å². The molecule has 0 saturated heterocycles. The van der Waals surface area contributed by atoms with E-state index in [1.165, 1.54) is 27.7 Å². The Kier molecular flexibility index (Phi) is 7.63. The molecule has 0 fully saturated rings. The number of allylic oxidation sites excluding steroid dienone is 1. The number of nitrogens with zero attached hydrogens (tertiary/aromatic N) is 4. The van der Waals surface area contributed by atoms with Crippen molar-refractivity contribution in [2.24, 2.45) is 4.99 Å². The highest BCUT2D eigenvalue weighted by molar-refractivity contribution is 9.10. The van der Waals surface area contributed by atoms with Gasteiger partial charge in [-0.05, 0) is 71.4 Å². The van der Waals surface area contributed by atoms with Crippen molar-refractivity contribution in [1.29, 1.82) is 0 Å². The van der Waals surface area contributed by atoms with Crippen LogP contribution in [-0.4, -0.2) is 34.2 Å². The van der Waals surface area contributed by atoms with Crippen LogP contribution in [0.5, 0.6) is 5.75 Å². The molecule has 12 heteroatoms. The SMILES string of the molecule is CCOC(=O)C1=C(C)N=c2s/c(=C/c3cc(Br)c(Sc4ncccn4)o3)c(=O)n2[C@H]1c1cccc(OC)c1. The van der Waals surface area contributed by atoms with Gasteiger partial charge in [0.15, 0.2) is 15.1 Å². The second-order valence-corrected chi connectivity index (χ2v) is 10.8. The van der Waals surface area contributed by atoms with Gasteiger partial charge in [0.1, 0.15) is 11.5 Å². The smallest absolute Gasteiger partial charge is 0.338 e. The summed E-state index contributed by atoms with van der Waals surface area (Å²) >= 11 is 5.99. The zero-order chi connectivity index (χ0) is 26.8. The number of thiazole rings is 1. The van der Waals surface area contributed by atoms with Gasteiger partial charge >= 0.3 is 5.97 Å². The van der Waals surface area contributed by atoms with E-state index in [1.807, 2.05) is 12.1 Å². The zero-order valence-electron chi connectivity index (χ0n) is 20.5. The fourth-order valence-corrected chi connectivity index (χ4v) is 6.24. The number of fused-ring (bicyclic) bond motifs is 1. The number of aromatic nitrogens is 3. The van der Waals surface area contributed by atoms with Gasteiger partial charge in [-0.1, -0.05) is 23.5 Å². The Hall–Kier alpha value is -3.48. The maximum absolute atomic E-state index is 13.8. The van der Waals surface area contributed by atoms with Crippen LogP contribution in [-0.2, 0) is 9.53 Å². The largest absolute Gasteiger partial charge is 0.497 e. The van der Waals surface area contributed by atoms with Crippen molar-refractivity contribution in [3.05, 3.63) is 95.5 Å². The third kappa shape index (κ3) is 5.11. The van der Waals surface area contributed by atoms with Gasteiger partial charge in [-0.15, -0.1) is 0 Å². The Morgan fingerprint density at radius 1 is 1.26 bits per heavy atom. The number of benzene rings is 1. The second kappa shape index (κ2) is 11.1. The summed E-state index contributed by atoms with van der Waals surface area (Å²) in [6, 6.07) is 10.1. The first kappa shape index (κ1) is 26.1. The van der Waals surface area contributed by atoms with Crippen LogP contribution in [0.3, 0.4) is 0 Å². The Balaban J connectivity index is 1.62. The summed E-state index contributed by atoms with van der Waals surface area (Å²) in [5.41, 5.74) is 1.20. The molecule has 1 aliphatic rings. The van der Waals surface area contributed by atoms with E-state index in [0.29, 0.717) is 52.4 Å². The summed E-state index contributed by atoms with van der Waals surface area (Å²) in [4.78, 5) is 40.3. The molecule has 0 bridgehead atoms. The first-order chi connectivity index (χ1) is 18.4. The van der Waals surface area contributed by atoms with Crippen molar-refractivity contribution < 1.29 is 18.7 Å². The van der Waals surface area contributed by atoms with E-state index in [4.69, 9.17) is 13.9 Å². The molecule has 0 amide bonds. The average Bonchev–Trinajstić information content (AvgIpc) is 3.41. The lowest BCUT2D eigenvalue weighted by Gasteiger charge is -2.24. The summed E-state index contributed by atoms with van der Waals surface area (Å²) in [7, 11) is 1.57. The number of esters is 1. The van der Waals surface area contributed by atoms with Gasteiger partial charge in [-0.2, -0.15) is 0 Å². The minimum atomic E-state index is -0.729. The number of rotatable bonds is 7. The van der Waals surface area contributed by atoms with Crippen molar-refractivity contribution in [2.45, 2.75) is 30.1 Å². The van der Waals surface area contributed by atoms with E-state index in [2.05, 4.69) is 30.9 Å². The Bertz CT molecular complexity index is 1730. The summed E-state index contributed by atoms with van der Waals surface area (Å²) in [5, 5.41) is 1.10. The molecule has 0 spiro atoms. The molecule has 0 aliphatic carbocycles. The van der Waals surface area contributed by atoms with Gasteiger partial charge in [0, 0.05) is 18.5 Å².